The minimum absolute atomic E-state index is 0.703. The molecule has 1 aromatic rings. The molecule has 1 N–H and O–H groups in total. The SMILES string of the molecule is CCNC/N=C(/C)c1c(C)cc(C)cc1C. The first-order valence-electron chi connectivity index (χ1n) is 5.86. The van der Waals surface area contributed by atoms with E-state index in [4.69, 9.17) is 0 Å². The highest BCUT2D eigenvalue weighted by Gasteiger charge is 2.06. The van der Waals surface area contributed by atoms with Gasteiger partial charge in [0, 0.05) is 11.3 Å². The molecule has 0 aliphatic heterocycles. The molecule has 2 nitrogen and oxygen atoms in total. The van der Waals surface area contributed by atoms with E-state index < -0.39 is 0 Å². The Morgan fingerprint density at radius 2 is 1.75 bits per heavy atom. The molecule has 0 atom stereocenters. The Hall–Kier alpha value is -1.15. The number of hydrogen-bond donors (Lipinski definition) is 1. The van der Waals surface area contributed by atoms with Gasteiger partial charge in [0.25, 0.3) is 0 Å². The monoisotopic (exact) mass is 218 g/mol. The van der Waals surface area contributed by atoms with E-state index in [0.717, 1.165) is 12.3 Å². The zero-order chi connectivity index (χ0) is 12.1. The Kier molecular flexibility index (Phi) is 4.69. The van der Waals surface area contributed by atoms with Crippen molar-refractivity contribution in [1.29, 1.82) is 0 Å². The molecule has 0 aliphatic rings. The third-order valence-corrected chi connectivity index (χ3v) is 2.72. The molecule has 16 heavy (non-hydrogen) atoms. The second-order valence-electron chi connectivity index (χ2n) is 4.28. The fourth-order valence-electron chi connectivity index (χ4n) is 2.12. The Morgan fingerprint density at radius 3 is 2.25 bits per heavy atom. The number of nitrogens with zero attached hydrogens (tertiary/aromatic N) is 1. The first kappa shape index (κ1) is 12.9. The minimum atomic E-state index is 0.703. The third kappa shape index (κ3) is 3.17. The maximum absolute atomic E-state index is 4.54. The van der Waals surface area contributed by atoms with Crippen molar-refractivity contribution in [3.63, 3.8) is 0 Å². The van der Waals surface area contributed by atoms with Crippen LogP contribution >= 0.6 is 0 Å². The van der Waals surface area contributed by atoms with Crippen LogP contribution in [0.25, 0.3) is 0 Å². The van der Waals surface area contributed by atoms with Gasteiger partial charge in [-0.25, -0.2) is 0 Å². The van der Waals surface area contributed by atoms with Crippen LogP contribution in [0.15, 0.2) is 17.1 Å². The quantitative estimate of drug-likeness (QED) is 0.610. The van der Waals surface area contributed by atoms with Gasteiger partial charge < -0.3 is 0 Å². The molecule has 88 valence electrons. The molecular formula is C14H22N2. The van der Waals surface area contributed by atoms with E-state index >= 15 is 0 Å². The minimum Gasteiger partial charge on any atom is -0.299 e. The highest BCUT2D eigenvalue weighted by molar-refractivity contribution is 6.01. The van der Waals surface area contributed by atoms with E-state index in [1.54, 1.807) is 0 Å². The summed E-state index contributed by atoms with van der Waals surface area (Å²) in [6, 6.07) is 4.43. The second kappa shape index (κ2) is 5.80. The zero-order valence-electron chi connectivity index (χ0n) is 11.0. The molecule has 2 heteroatoms. The van der Waals surface area contributed by atoms with E-state index in [-0.39, 0.29) is 0 Å². The topological polar surface area (TPSA) is 24.4 Å². The lowest BCUT2D eigenvalue weighted by Gasteiger charge is -2.11. The fraction of sp³-hybridized carbons (Fsp3) is 0.500. The van der Waals surface area contributed by atoms with E-state index in [9.17, 15) is 0 Å². The average Bonchev–Trinajstić information content (AvgIpc) is 2.16. The number of benzene rings is 1. The molecular weight excluding hydrogens is 196 g/mol. The van der Waals surface area contributed by atoms with E-state index in [2.05, 4.69) is 57.1 Å². The number of nitrogens with one attached hydrogen (secondary N) is 1. The van der Waals surface area contributed by atoms with Crippen molar-refractivity contribution < 1.29 is 0 Å². The summed E-state index contributed by atoms with van der Waals surface area (Å²) in [6.07, 6.45) is 0. The predicted molar refractivity (Wildman–Crippen MR) is 71.4 cm³/mol. The van der Waals surface area contributed by atoms with Crippen LogP contribution in [0.4, 0.5) is 0 Å². The van der Waals surface area contributed by atoms with Crippen LogP contribution in [0, 0.1) is 20.8 Å². The Morgan fingerprint density at radius 1 is 1.19 bits per heavy atom. The lowest BCUT2D eigenvalue weighted by molar-refractivity contribution is 0.743. The molecule has 0 spiro atoms. The molecule has 0 saturated heterocycles. The third-order valence-electron chi connectivity index (χ3n) is 2.72. The van der Waals surface area contributed by atoms with Gasteiger partial charge in [-0.2, -0.15) is 0 Å². The van der Waals surface area contributed by atoms with Crippen molar-refractivity contribution in [2.24, 2.45) is 4.99 Å². The summed E-state index contributed by atoms with van der Waals surface area (Å²) in [5, 5.41) is 3.21. The van der Waals surface area contributed by atoms with Crippen molar-refractivity contribution in [3.05, 3.63) is 34.4 Å². The smallest absolute Gasteiger partial charge is 0.0887 e. The number of aliphatic imine (C=N–C) groups is 1. The van der Waals surface area contributed by atoms with Crippen LogP contribution in [-0.2, 0) is 0 Å². The van der Waals surface area contributed by atoms with Gasteiger partial charge in [-0.15, -0.1) is 0 Å². The van der Waals surface area contributed by atoms with Crippen LogP contribution in [0.2, 0.25) is 0 Å². The van der Waals surface area contributed by atoms with Crippen LogP contribution in [0.1, 0.15) is 36.1 Å². The molecule has 0 saturated carbocycles. The Bertz CT molecular complexity index is 369. The molecule has 0 bridgehead atoms. The zero-order valence-corrected chi connectivity index (χ0v) is 11.0. The fourth-order valence-corrected chi connectivity index (χ4v) is 2.12. The highest BCUT2D eigenvalue weighted by atomic mass is 15.0. The van der Waals surface area contributed by atoms with Crippen molar-refractivity contribution in [2.45, 2.75) is 34.6 Å². The van der Waals surface area contributed by atoms with Gasteiger partial charge in [-0.1, -0.05) is 24.6 Å². The summed E-state index contributed by atoms with van der Waals surface area (Å²) in [5.74, 6) is 0. The molecule has 0 heterocycles. The Labute approximate surface area is 98.8 Å². The summed E-state index contributed by atoms with van der Waals surface area (Å²) in [6.45, 7) is 12.3. The average molecular weight is 218 g/mol. The van der Waals surface area contributed by atoms with Gasteiger partial charge in [0.1, 0.15) is 0 Å². The van der Waals surface area contributed by atoms with Crippen LogP contribution in [-0.4, -0.2) is 18.9 Å². The summed E-state index contributed by atoms with van der Waals surface area (Å²) in [5.41, 5.74) is 6.36. The largest absolute Gasteiger partial charge is 0.299 e. The van der Waals surface area contributed by atoms with E-state index in [1.807, 2.05) is 0 Å². The molecule has 1 aromatic carbocycles. The summed E-state index contributed by atoms with van der Waals surface area (Å²) >= 11 is 0. The lowest BCUT2D eigenvalue weighted by Crippen LogP contribution is -2.14. The van der Waals surface area contributed by atoms with E-state index in [0.29, 0.717) is 6.67 Å². The first-order chi connectivity index (χ1) is 7.56. The number of aryl methyl sites for hydroxylation is 3. The number of hydrogen-bond acceptors (Lipinski definition) is 2. The molecule has 0 radical (unpaired) electrons. The van der Waals surface area contributed by atoms with Crippen LogP contribution in [0.3, 0.4) is 0 Å². The highest BCUT2D eigenvalue weighted by Crippen LogP contribution is 2.17. The maximum Gasteiger partial charge on any atom is 0.0887 e. The van der Waals surface area contributed by atoms with Crippen molar-refractivity contribution in [1.82, 2.24) is 5.32 Å². The van der Waals surface area contributed by atoms with Gasteiger partial charge in [0.2, 0.25) is 0 Å². The second-order valence-corrected chi connectivity index (χ2v) is 4.28. The van der Waals surface area contributed by atoms with E-state index in [1.165, 1.54) is 22.3 Å². The van der Waals surface area contributed by atoms with Crippen LogP contribution in [0.5, 0.6) is 0 Å². The van der Waals surface area contributed by atoms with Gasteiger partial charge >= 0.3 is 0 Å². The molecule has 0 aliphatic carbocycles. The standard InChI is InChI=1S/C14H22N2/c1-6-15-9-16-13(5)14-11(3)7-10(2)8-12(14)4/h7-8,15H,6,9H2,1-5H3/b16-13-. The van der Waals surface area contributed by atoms with Crippen molar-refractivity contribution in [2.75, 3.05) is 13.2 Å². The van der Waals surface area contributed by atoms with Crippen molar-refractivity contribution in [3.8, 4) is 0 Å². The Balaban J connectivity index is 2.99. The molecule has 1 rings (SSSR count). The molecule has 0 amide bonds. The van der Waals surface area contributed by atoms with Crippen molar-refractivity contribution >= 4 is 5.71 Å². The van der Waals surface area contributed by atoms with Crippen LogP contribution < -0.4 is 5.32 Å². The van der Waals surface area contributed by atoms with Gasteiger partial charge in [-0.05, 0) is 45.4 Å². The maximum atomic E-state index is 4.54. The lowest BCUT2D eigenvalue weighted by atomic mass is 9.97. The first-order valence-corrected chi connectivity index (χ1v) is 5.86. The van der Waals surface area contributed by atoms with Gasteiger partial charge in [-0.3, -0.25) is 10.3 Å². The molecule has 0 unspecified atom stereocenters. The summed E-state index contributed by atoms with van der Waals surface area (Å²) < 4.78 is 0. The summed E-state index contributed by atoms with van der Waals surface area (Å²) in [7, 11) is 0. The predicted octanol–water partition coefficient (Wildman–Crippen LogP) is 2.99. The number of rotatable bonds is 4. The van der Waals surface area contributed by atoms with Gasteiger partial charge in [0.05, 0.1) is 6.67 Å². The van der Waals surface area contributed by atoms with Gasteiger partial charge in [0.15, 0.2) is 0 Å². The normalized spacial score (nSPS) is 11.9. The molecule has 0 aromatic heterocycles. The summed E-state index contributed by atoms with van der Waals surface area (Å²) in [4.78, 5) is 4.54. The molecule has 0 fully saturated rings.